The number of primary amides is 1. The Morgan fingerprint density at radius 1 is 1.15 bits per heavy atom. The molecule has 8 nitrogen and oxygen atoms in total. The molecule has 27 heavy (non-hydrogen) atoms. The van der Waals surface area contributed by atoms with Crippen LogP contribution in [0.3, 0.4) is 0 Å². The molecule has 3 N–H and O–H groups in total. The Morgan fingerprint density at radius 2 is 1.85 bits per heavy atom. The lowest BCUT2D eigenvalue weighted by molar-refractivity contribution is -0.119. The van der Waals surface area contributed by atoms with Gasteiger partial charge in [0.1, 0.15) is 0 Å². The molecular formula is C18H24N6O2S. The molecule has 144 valence electrons. The SMILES string of the molecule is Cc1ccc(-n2c(SCCC(=O)NC(N)=O)nnc2N2CCCCC2)cc1. The van der Waals surface area contributed by atoms with E-state index in [1.807, 2.05) is 4.57 Å². The van der Waals surface area contributed by atoms with E-state index in [9.17, 15) is 9.59 Å². The van der Waals surface area contributed by atoms with Crippen molar-refractivity contribution in [3.8, 4) is 5.69 Å². The van der Waals surface area contributed by atoms with Crippen molar-refractivity contribution in [1.82, 2.24) is 20.1 Å². The van der Waals surface area contributed by atoms with Gasteiger partial charge in [0.25, 0.3) is 0 Å². The molecular weight excluding hydrogens is 364 g/mol. The number of thioether (sulfide) groups is 1. The molecule has 0 unspecified atom stereocenters. The van der Waals surface area contributed by atoms with Crippen LogP contribution in [0.4, 0.5) is 10.7 Å². The number of imide groups is 1. The van der Waals surface area contributed by atoms with E-state index in [1.54, 1.807) is 0 Å². The van der Waals surface area contributed by atoms with Crippen LogP contribution in [-0.2, 0) is 4.79 Å². The molecule has 9 heteroatoms. The Balaban J connectivity index is 1.80. The van der Waals surface area contributed by atoms with Gasteiger partial charge in [0.05, 0.1) is 5.69 Å². The predicted molar refractivity (Wildman–Crippen MR) is 105 cm³/mol. The first-order valence-corrected chi connectivity index (χ1v) is 10.0. The highest BCUT2D eigenvalue weighted by molar-refractivity contribution is 7.99. The van der Waals surface area contributed by atoms with E-state index < -0.39 is 11.9 Å². The van der Waals surface area contributed by atoms with Crippen LogP contribution in [0.5, 0.6) is 0 Å². The van der Waals surface area contributed by atoms with Gasteiger partial charge < -0.3 is 10.6 Å². The monoisotopic (exact) mass is 388 g/mol. The molecule has 3 amide bonds. The van der Waals surface area contributed by atoms with Gasteiger partial charge in [-0.1, -0.05) is 29.5 Å². The summed E-state index contributed by atoms with van der Waals surface area (Å²) in [6.45, 7) is 3.99. The summed E-state index contributed by atoms with van der Waals surface area (Å²) in [5.41, 5.74) is 7.14. The van der Waals surface area contributed by atoms with Gasteiger partial charge in [0.2, 0.25) is 11.9 Å². The summed E-state index contributed by atoms with van der Waals surface area (Å²) in [5, 5.41) is 11.6. The average molecular weight is 388 g/mol. The van der Waals surface area contributed by atoms with Crippen LogP contribution >= 0.6 is 11.8 Å². The highest BCUT2D eigenvalue weighted by atomic mass is 32.2. The molecule has 1 aliphatic heterocycles. The molecule has 0 atom stereocenters. The molecule has 1 aromatic carbocycles. The molecule has 1 aromatic heterocycles. The zero-order valence-electron chi connectivity index (χ0n) is 15.4. The summed E-state index contributed by atoms with van der Waals surface area (Å²) in [5.74, 6) is 0.915. The molecule has 2 heterocycles. The van der Waals surface area contributed by atoms with Gasteiger partial charge in [-0.05, 0) is 38.3 Å². The second kappa shape index (κ2) is 8.90. The Hall–Kier alpha value is -2.55. The molecule has 0 saturated carbocycles. The zero-order chi connectivity index (χ0) is 19.2. The third kappa shape index (κ3) is 5.00. The van der Waals surface area contributed by atoms with E-state index >= 15 is 0 Å². The molecule has 2 aromatic rings. The number of amides is 3. The van der Waals surface area contributed by atoms with Gasteiger partial charge in [0.15, 0.2) is 5.16 Å². The standard InChI is InChI=1S/C18H24N6O2S/c1-13-5-7-14(8-6-13)24-17(23-10-3-2-4-11-23)21-22-18(24)27-12-9-15(25)20-16(19)26/h5-8H,2-4,9-12H2,1H3,(H3,19,20,25,26). The number of aryl methyl sites for hydroxylation is 1. The van der Waals surface area contributed by atoms with Crippen LogP contribution in [0, 0.1) is 6.92 Å². The van der Waals surface area contributed by atoms with Gasteiger partial charge in [0, 0.05) is 25.3 Å². The number of carbonyl (C=O) groups is 2. The summed E-state index contributed by atoms with van der Waals surface area (Å²) in [6, 6.07) is 7.39. The lowest BCUT2D eigenvalue weighted by Crippen LogP contribution is -2.35. The summed E-state index contributed by atoms with van der Waals surface area (Å²) >= 11 is 1.44. The Bertz CT molecular complexity index is 799. The minimum Gasteiger partial charge on any atom is -0.351 e. The van der Waals surface area contributed by atoms with Gasteiger partial charge in [-0.25, -0.2) is 4.79 Å². The fourth-order valence-corrected chi connectivity index (χ4v) is 3.89. The van der Waals surface area contributed by atoms with Crippen molar-refractivity contribution in [2.24, 2.45) is 5.73 Å². The number of hydrogen-bond acceptors (Lipinski definition) is 6. The van der Waals surface area contributed by atoms with Crippen LogP contribution in [0.1, 0.15) is 31.2 Å². The van der Waals surface area contributed by atoms with E-state index in [2.05, 4.69) is 51.6 Å². The van der Waals surface area contributed by atoms with Crippen LogP contribution in [0.2, 0.25) is 0 Å². The maximum absolute atomic E-state index is 11.6. The number of benzene rings is 1. The quantitative estimate of drug-likeness (QED) is 0.735. The van der Waals surface area contributed by atoms with Crippen molar-refractivity contribution in [1.29, 1.82) is 0 Å². The second-order valence-corrected chi connectivity index (χ2v) is 7.57. The summed E-state index contributed by atoms with van der Waals surface area (Å²) in [7, 11) is 0. The van der Waals surface area contributed by atoms with Crippen LogP contribution < -0.4 is 16.0 Å². The van der Waals surface area contributed by atoms with E-state index in [0.29, 0.717) is 5.75 Å². The van der Waals surface area contributed by atoms with Crippen LogP contribution in [-0.4, -0.2) is 45.5 Å². The molecule has 1 fully saturated rings. The normalized spacial score (nSPS) is 14.2. The minimum absolute atomic E-state index is 0.174. The number of anilines is 1. The number of nitrogens with two attached hydrogens (primary N) is 1. The van der Waals surface area contributed by atoms with Crippen LogP contribution in [0.25, 0.3) is 5.69 Å². The molecule has 0 spiro atoms. The van der Waals surface area contributed by atoms with Gasteiger partial charge in [-0.3, -0.25) is 14.7 Å². The van der Waals surface area contributed by atoms with Gasteiger partial charge in [-0.2, -0.15) is 0 Å². The fourth-order valence-electron chi connectivity index (χ4n) is 3.01. The van der Waals surface area contributed by atoms with E-state index in [4.69, 9.17) is 5.73 Å². The Kier molecular flexibility index (Phi) is 6.33. The predicted octanol–water partition coefficient (Wildman–Crippen LogP) is 2.24. The minimum atomic E-state index is -0.833. The maximum atomic E-state index is 11.6. The number of hydrogen-bond donors (Lipinski definition) is 2. The molecule has 1 saturated heterocycles. The van der Waals surface area contributed by atoms with E-state index in [1.165, 1.54) is 23.7 Å². The third-order valence-corrected chi connectivity index (χ3v) is 5.30. The number of urea groups is 1. The van der Waals surface area contributed by atoms with Crippen molar-refractivity contribution < 1.29 is 9.59 Å². The lowest BCUT2D eigenvalue weighted by Gasteiger charge is -2.27. The Labute approximate surface area is 162 Å². The number of nitrogens with one attached hydrogen (secondary N) is 1. The number of aromatic nitrogens is 3. The summed E-state index contributed by atoms with van der Waals surface area (Å²) in [4.78, 5) is 24.6. The summed E-state index contributed by atoms with van der Waals surface area (Å²) < 4.78 is 2.04. The van der Waals surface area contributed by atoms with Crippen molar-refractivity contribution >= 4 is 29.6 Å². The topological polar surface area (TPSA) is 106 Å². The first-order chi connectivity index (χ1) is 13.0. The second-order valence-electron chi connectivity index (χ2n) is 6.51. The molecule has 0 bridgehead atoms. The highest BCUT2D eigenvalue weighted by Gasteiger charge is 2.21. The number of nitrogens with zero attached hydrogens (tertiary/aromatic N) is 4. The maximum Gasteiger partial charge on any atom is 0.318 e. The lowest BCUT2D eigenvalue weighted by atomic mass is 10.1. The van der Waals surface area contributed by atoms with Crippen molar-refractivity contribution in [2.45, 2.75) is 37.8 Å². The highest BCUT2D eigenvalue weighted by Crippen LogP contribution is 2.28. The van der Waals surface area contributed by atoms with Crippen molar-refractivity contribution in [3.05, 3.63) is 29.8 Å². The first-order valence-electron chi connectivity index (χ1n) is 9.04. The van der Waals surface area contributed by atoms with Gasteiger partial charge >= 0.3 is 6.03 Å². The number of rotatable bonds is 6. The third-order valence-electron chi connectivity index (χ3n) is 4.37. The molecule has 1 aliphatic rings. The van der Waals surface area contributed by atoms with Crippen molar-refractivity contribution in [3.63, 3.8) is 0 Å². The average Bonchev–Trinajstić information content (AvgIpc) is 3.06. The van der Waals surface area contributed by atoms with Crippen molar-refractivity contribution in [2.75, 3.05) is 23.7 Å². The Morgan fingerprint density at radius 3 is 2.52 bits per heavy atom. The zero-order valence-corrected chi connectivity index (χ0v) is 16.2. The molecule has 3 rings (SSSR count). The number of piperidine rings is 1. The van der Waals surface area contributed by atoms with E-state index in [-0.39, 0.29) is 6.42 Å². The smallest absolute Gasteiger partial charge is 0.318 e. The first kappa shape index (κ1) is 19.2. The largest absolute Gasteiger partial charge is 0.351 e. The van der Waals surface area contributed by atoms with E-state index in [0.717, 1.165) is 42.7 Å². The molecule has 0 aliphatic carbocycles. The summed E-state index contributed by atoms with van der Waals surface area (Å²) in [6.07, 6.45) is 3.71. The van der Waals surface area contributed by atoms with Crippen LogP contribution in [0.15, 0.2) is 29.4 Å². The molecule has 0 radical (unpaired) electrons. The number of carbonyl (C=O) groups excluding carboxylic acids is 2. The fraction of sp³-hybridized carbons (Fsp3) is 0.444. The van der Waals surface area contributed by atoms with Gasteiger partial charge in [-0.15, -0.1) is 10.2 Å².